The molecule has 0 fully saturated rings. The molecule has 18 heavy (non-hydrogen) atoms. The van der Waals surface area contributed by atoms with Gasteiger partial charge in [-0.1, -0.05) is 18.2 Å². The first-order valence-electron chi connectivity index (χ1n) is 6.62. The Morgan fingerprint density at radius 2 is 1.33 bits per heavy atom. The molecule has 0 saturated carbocycles. The van der Waals surface area contributed by atoms with E-state index >= 15 is 0 Å². The van der Waals surface area contributed by atoms with Crippen molar-refractivity contribution in [1.82, 2.24) is 0 Å². The highest BCUT2D eigenvalue weighted by Crippen LogP contribution is 2.46. The monoisotopic (exact) mass is 270 g/mol. The molecule has 1 rings (SSSR count). The first kappa shape index (κ1) is 15.4. The highest BCUT2D eigenvalue weighted by molar-refractivity contribution is 8.17. The lowest BCUT2D eigenvalue weighted by Crippen LogP contribution is -2.52. The Bertz CT molecular complexity index is 435. The van der Waals surface area contributed by atoms with Gasteiger partial charge < -0.3 is 0 Å². The predicted molar refractivity (Wildman–Crippen MR) is 79.3 cm³/mol. The maximum Gasteiger partial charge on any atom is 0.0764 e. The van der Waals surface area contributed by atoms with Crippen molar-refractivity contribution in [2.75, 3.05) is 0 Å². The second kappa shape index (κ2) is 5.14. The molecule has 104 valence electrons. The molecule has 0 radical (unpaired) electrons. The molecule has 0 unspecified atom stereocenters. The lowest BCUT2D eigenvalue weighted by Gasteiger charge is -2.55. The molecule has 0 aromatic heterocycles. The van der Waals surface area contributed by atoms with Gasteiger partial charge in [-0.25, -0.2) is 4.21 Å². The molecular formula is C15H26O2S. The Balaban J connectivity index is 3.56. The van der Waals surface area contributed by atoms with E-state index in [-0.39, 0.29) is 16.6 Å². The third-order valence-electron chi connectivity index (χ3n) is 3.38. The fraction of sp³-hybridized carbons (Fsp3) is 0.600. The maximum absolute atomic E-state index is 14.0. The van der Waals surface area contributed by atoms with Gasteiger partial charge in [-0.05, 0) is 53.7 Å². The van der Waals surface area contributed by atoms with Crippen molar-refractivity contribution in [2.24, 2.45) is 0 Å². The lowest BCUT2D eigenvalue weighted by atomic mass is 10.4. The minimum Gasteiger partial charge on any atom is -0.280 e. The molecule has 0 aliphatic rings. The highest BCUT2D eigenvalue weighted by Gasteiger charge is 2.41. The van der Waals surface area contributed by atoms with E-state index in [9.17, 15) is 4.21 Å². The van der Waals surface area contributed by atoms with Crippen LogP contribution in [0.1, 0.15) is 41.5 Å². The molecule has 0 atom stereocenters. The number of rotatable bonds is 5. The summed E-state index contributed by atoms with van der Waals surface area (Å²) >= 11 is 0. The van der Waals surface area contributed by atoms with E-state index in [1.807, 2.05) is 71.9 Å². The van der Waals surface area contributed by atoms with Gasteiger partial charge in [0.05, 0.1) is 11.0 Å². The average molecular weight is 270 g/mol. The van der Waals surface area contributed by atoms with Gasteiger partial charge in [-0.2, -0.15) is 9.35 Å². The van der Waals surface area contributed by atoms with Crippen molar-refractivity contribution in [1.29, 1.82) is 0 Å². The van der Waals surface area contributed by atoms with Crippen LogP contribution in [0.5, 0.6) is 0 Å². The SMILES string of the molecule is CC(C)OS(=O)(c1ccccc1)(C(C)C)C(C)C. The molecule has 0 amide bonds. The summed E-state index contributed by atoms with van der Waals surface area (Å²) in [6.45, 7) is 11.9. The zero-order chi connectivity index (χ0) is 14.0. The Kier molecular flexibility index (Phi) is 4.39. The number of benzene rings is 1. The quantitative estimate of drug-likeness (QED) is 0.807. The largest absolute Gasteiger partial charge is 0.280 e. The van der Waals surface area contributed by atoms with Crippen LogP contribution >= 0.6 is 0 Å². The van der Waals surface area contributed by atoms with E-state index in [1.54, 1.807) is 0 Å². The fourth-order valence-electron chi connectivity index (χ4n) is 2.45. The Morgan fingerprint density at radius 1 is 0.889 bits per heavy atom. The van der Waals surface area contributed by atoms with Crippen LogP contribution in [0.15, 0.2) is 35.2 Å². The number of hydrogen-bond donors (Lipinski definition) is 0. The summed E-state index contributed by atoms with van der Waals surface area (Å²) in [6.07, 6.45) is -0.0606. The summed E-state index contributed by atoms with van der Waals surface area (Å²) in [7, 11) is -3.34. The Labute approximate surface area is 111 Å². The minimum atomic E-state index is -3.34. The first-order chi connectivity index (χ1) is 8.23. The summed E-state index contributed by atoms with van der Waals surface area (Å²) < 4.78 is 20.1. The van der Waals surface area contributed by atoms with Crippen LogP contribution in [0.4, 0.5) is 0 Å². The van der Waals surface area contributed by atoms with Gasteiger partial charge in [-0.3, -0.25) is 4.18 Å². The van der Waals surface area contributed by atoms with Crippen molar-refractivity contribution in [3.05, 3.63) is 30.3 Å². The third kappa shape index (κ3) is 2.26. The molecule has 0 N–H and O–H groups in total. The van der Waals surface area contributed by atoms with Gasteiger partial charge in [-0.15, -0.1) is 0 Å². The average Bonchev–Trinajstić information content (AvgIpc) is 2.28. The second-order valence-corrected chi connectivity index (χ2v) is 10.1. The molecule has 0 aliphatic carbocycles. The Morgan fingerprint density at radius 3 is 1.67 bits per heavy atom. The van der Waals surface area contributed by atoms with E-state index < -0.39 is 9.35 Å². The van der Waals surface area contributed by atoms with E-state index in [0.29, 0.717) is 0 Å². The van der Waals surface area contributed by atoms with Crippen LogP contribution in [0.3, 0.4) is 0 Å². The lowest BCUT2D eigenvalue weighted by molar-refractivity contribution is 0.240. The highest BCUT2D eigenvalue weighted by atomic mass is 32.3. The molecule has 0 saturated heterocycles. The van der Waals surface area contributed by atoms with E-state index in [0.717, 1.165) is 4.90 Å². The van der Waals surface area contributed by atoms with E-state index in [1.165, 1.54) is 0 Å². The van der Waals surface area contributed by atoms with Gasteiger partial charge in [0.25, 0.3) is 0 Å². The number of hydrogen-bond acceptors (Lipinski definition) is 2. The van der Waals surface area contributed by atoms with Gasteiger partial charge >= 0.3 is 0 Å². The summed E-state index contributed by atoms with van der Waals surface area (Å²) in [5, 5.41) is -0.0985. The van der Waals surface area contributed by atoms with Crippen molar-refractivity contribution in [2.45, 2.75) is 63.0 Å². The fourth-order valence-corrected chi connectivity index (χ4v) is 6.67. The van der Waals surface area contributed by atoms with Gasteiger partial charge in [0.2, 0.25) is 0 Å². The predicted octanol–water partition coefficient (Wildman–Crippen LogP) is 4.02. The van der Waals surface area contributed by atoms with Crippen LogP contribution in [0.25, 0.3) is 0 Å². The van der Waals surface area contributed by atoms with Crippen molar-refractivity contribution in [3.8, 4) is 0 Å². The normalized spacial score (nSPS) is 15.1. The van der Waals surface area contributed by atoms with Crippen molar-refractivity contribution < 1.29 is 8.39 Å². The second-order valence-electron chi connectivity index (χ2n) is 5.55. The van der Waals surface area contributed by atoms with Crippen molar-refractivity contribution >= 4 is 9.35 Å². The van der Waals surface area contributed by atoms with Gasteiger partial charge in [0.15, 0.2) is 0 Å². The summed E-state index contributed by atoms with van der Waals surface area (Å²) in [5.41, 5.74) is 0. The van der Waals surface area contributed by atoms with Gasteiger partial charge in [0, 0.05) is 10.5 Å². The van der Waals surface area contributed by atoms with Crippen LogP contribution < -0.4 is 0 Å². The van der Waals surface area contributed by atoms with Gasteiger partial charge in [0.1, 0.15) is 0 Å². The third-order valence-corrected chi connectivity index (χ3v) is 8.94. The van der Waals surface area contributed by atoms with Crippen molar-refractivity contribution in [3.63, 3.8) is 0 Å². The first-order valence-corrected chi connectivity index (χ1v) is 8.64. The molecule has 0 aliphatic heterocycles. The molecule has 3 heteroatoms. The molecule has 1 aromatic carbocycles. The maximum atomic E-state index is 14.0. The Hall–Kier alpha value is -0.670. The van der Waals surface area contributed by atoms with E-state index in [2.05, 4.69) is 0 Å². The minimum absolute atomic E-state index is 0.0493. The van der Waals surface area contributed by atoms with Crippen LogP contribution in [0.2, 0.25) is 0 Å². The van der Waals surface area contributed by atoms with Crippen LogP contribution in [-0.2, 0) is 13.5 Å². The zero-order valence-corrected chi connectivity index (χ0v) is 13.2. The summed E-state index contributed by atoms with van der Waals surface area (Å²) in [5.74, 6) is 0. The topological polar surface area (TPSA) is 26.3 Å². The molecule has 0 spiro atoms. The standard InChI is InChI=1S/C15H26O2S/c1-12(2)17-18(16,13(3)4,14(5)6)15-10-8-7-9-11-15/h7-14H,1-6H3. The molecular weight excluding hydrogens is 244 g/mol. The zero-order valence-electron chi connectivity index (χ0n) is 12.3. The summed E-state index contributed by atoms with van der Waals surface area (Å²) in [6, 6.07) is 9.65. The summed E-state index contributed by atoms with van der Waals surface area (Å²) in [4.78, 5) is 0.827. The molecule has 2 nitrogen and oxygen atoms in total. The van der Waals surface area contributed by atoms with E-state index in [4.69, 9.17) is 4.18 Å². The molecule has 0 bridgehead atoms. The van der Waals surface area contributed by atoms with Crippen LogP contribution in [0, 0.1) is 0 Å². The molecule has 1 aromatic rings. The molecule has 0 heterocycles. The smallest absolute Gasteiger partial charge is 0.0764 e. The van der Waals surface area contributed by atoms with Crippen LogP contribution in [-0.4, -0.2) is 20.8 Å².